The molecule has 25 heavy (non-hydrogen) atoms. The van der Waals surface area contributed by atoms with Crippen LogP contribution in [0.4, 0.5) is 13.6 Å². The minimum absolute atomic E-state index is 0.332. The Labute approximate surface area is 148 Å². The Morgan fingerprint density at radius 2 is 2.04 bits per heavy atom. The fourth-order valence-electron chi connectivity index (χ4n) is 2.08. The number of aromatic nitrogens is 2. The summed E-state index contributed by atoms with van der Waals surface area (Å²) in [6, 6.07) is 1.47. The van der Waals surface area contributed by atoms with Gasteiger partial charge in [0.1, 0.15) is 16.5 Å². The van der Waals surface area contributed by atoms with E-state index in [2.05, 4.69) is 5.10 Å². The third-order valence-electron chi connectivity index (χ3n) is 3.45. The van der Waals surface area contributed by atoms with E-state index in [0.29, 0.717) is 12.6 Å². The van der Waals surface area contributed by atoms with E-state index in [1.807, 2.05) is 6.92 Å². The van der Waals surface area contributed by atoms with Gasteiger partial charge < -0.3 is 4.90 Å². The van der Waals surface area contributed by atoms with Gasteiger partial charge in [-0.25, -0.2) is 22.0 Å². The number of hydrogen-bond acceptors (Lipinski definition) is 4. The molecule has 2 aromatic rings. The van der Waals surface area contributed by atoms with Crippen LogP contribution in [0.3, 0.4) is 0 Å². The second-order valence-corrected chi connectivity index (χ2v) is 7.60. The second kappa shape index (κ2) is 7.49. The average Bonchev–Trinajstić information content (AvgIpc) is 2.94. The molecule has 0 bridgehead atoms. The maximum Gasteiger partial charge on any atom is 0.344 e. The van der Waals surface area contributed by atoms with Crippen molar-refractivity contribution in [2.75, 3.05) is 13.6 Å². The molecule has 1 heterocycles. The van der Waals surface area contributed by atoms with Crippen molar-refractivity contribution in [3.63, 3.8) is 0 Å². The van der Waals surface area contributed by atoms with E-state index in [-0.39, 0.29) is 5.02 Å². The number of carbonyl (C=O) groups is 1. The van der Waals surface area contributed by atoms with Gasteiger partial charge in [0.05, 0.1) is 11.2 Å². The molecule has 0 fully saturated rings. The lowest BCUT2D eigenvalue weighted by molar-refractivity contribution is 0.206. The highest BCUT2D eigenvalue weighted by atomic mass is 35.5. The average molecular weight is 392 g/mol. The van der Waals surface area contributed by atoms with Gasteiger partial charge in [-0.3, -0.25) is 0 Å². The van der Waals surface area contributed by atoms with Crippen LogP contribution >= 0.6 is 11.6 Å². The number of carbonyl (C=O) groups excluding carboxylic acids is 1. The molecular weight excluding hydrogens is 376 g/mol. The van der Waals surface area contributed by atoms with Gasteiger partial charge in [0, 0.05) is 19.7 Å². The van der Waals surface area contributed by atoms with Crippen LogP contribution in [0.5, 0.6) is 0 Å². The minimum atomic E-state index is -4.45. The highest BCUT2D eigenvalue weighted by Gasteiger charge is 2.29. The smallest absolute Gasteiger partial charge is 0.326 e. The van der Waals surface area contributed by atoms with Gasteiger partial charge in [-0.05, 0) is 18.6 Å². The summed E-state index contributed by atoms with van der Waals surface area (Å²) in [6.07, 6.45) is 2.69. The van der Waals surface area contributed by atoms with Gasteiger partial charge in [0.15, 0.2) is 0 Å². The molecule has 0 radical (unpaired) electrons. The standard InChI is InChI=1S/C15H16ClF2N3O3S/c1-3-4-7-20(2)15(22)21-9-11(16)14(19-21)25(23,24)13-6-5-10(17)8-12(13)18/h5-6,8-9H,3-4,7H2,1-2H3. The van der Waals surface area contributed by atoms with E-state index in [1.165, 1.54) is 4.90 Å². The molecular formula is C15H16ClF2N3O3S. The topological polar surface area (TPSA) is 72.3 Å². The van der Waals surface area contributed by atoms with Gasteiger partial charge in [0.25, 0.3) is 0 Å². The summed E-state index contributed by atoms with van der Waals surface area (Å²) in [7, 11) is -2.91. The van der Waals surface area contributed by atoms with Crippen molar-refractivity contribution >= 4 is 27.5 Å². The van der Waals surface area contributed by atoms with Crippen LogP contribution < -0.4 is 0 Å². The molecule has 0 saturated carbocycles. The van der Waals surface area contributed by atoms with E-state index in [4.69, 9.17) is 11.6 Å². The number of unbranched alkanes of at least 4 members (excludes halogenated alkanes) is 1. The Balaban J connectivity index is 2.40. The molecule has 0 aliphatic carbocycles. The van der Waals surface area contributed by atoms with Crippen molar-refractivity contribution < 1.29 is 22.0 Å². The lowest BCUT2D eigenvalue weighted by atomic mass is 10.3. The predicted molar refractivity (Wildman–Crippen MR) is 87.4 cm³/mol. The fourth-order valence-corrected chi connectivity index (χ4v) is 3.79. The number of rotatable bonds is 5. The van der Waals surface area contributed by atoms with Crippen molar-refractivity contribution in [3.8, 4) is 0 Å². The number of sulfone groups is 1. The Bertz CT molecular complexity index is 899. The van der Waals surface area contributed by atoms with Gasteiger partial charge in [-0.1, -0.05) is 24.9 Å². The van der Waals surface area contributed by atoms with Crippen LogP contribution in [-0.4, -0.2) is 42.7 Å². The molecule has 136 valence electrons. The summed E-state index contributed by atoms with van der Waals surface area (Å²) < 4.78 is 52.6. The number of amides is 1. The SMILES string of the molecule is CCCCN(C)C(=O)n1cc(Cl)c(S(=O)(=O)c2ccc(F)cc2F)n1. The second-order valence-electron chi connectivity index (χ2n) is 5.36. The van der Waals surface area contributed by atoms with Gasteiger partial charge in [-0.15, -0.1) is 0 Å². The molecule has 0 unspecified atom stereocenters. The third kappa shape index (κ3) is 3.98. The van der Waals surface area contributed by atoms with Crippen molar-refractivity contribution in [1.29, 1.82) is 0 Å². The van der Waals surface area contributed by atoms with Crippen LogP contribution in [0.15, 0.2) is 34.3 Å². The van der Waals surface area contributed by atoms with Crippen LogP contribution in [0.1, 0.15) is 19.8 Å². The van der Waals surface area contributed by atoms with E-state index in [1.54, 1.807) is 7.05 Å². The fraction of sp³-hybridized carbons (Fsp3) is 0.333. The molecule has 0 aliphatic rings. The summed E-state index contributed by atoms with van der Waals surface area (Å²) >= 11 is 5.89. The van der Waals surface area contributed by atoms with Crippen molar-refractivity contribution in [1.82, 2.24) is 14.7 Å². The maximum atomic E-state index is 13.8. The molecule has 2 rings (SSSR count). The zero-order valence-corrected chi connectivity index (χ0v) is 15.1. The zero-order valence-electron chi connectivity index (χ0n) is 13.5. The lowest BCUT2D eigenvalue weighted by Crippen LogP contribution is -2.32. The first-order valence-corrected chi connectivity index (χ1v) is 9.25. The maximum absolute atomic E-state index is 13.8. The molecule has 1 amide bonds. The van der Waals surface area contributed by atoms with Crippen LogP contribution in [0.25, 0.3) is 0 Å². The molecule has 0 saturated heterocycles. The normalized spacial score (nSPS) is 11.6. The highest BCUT2D eigenvalue weighted by Crippen LogP contribution is 2.28. The van der Waals surface area contributed by atoms with Crippen molar-refractivity contribution in [2.45, 2.75) is 29.7 Å². The quantitative estimate of drug-likeness (QED) is 0.733. The molecule has 10 heteroatoms. The summed E-state index contributed by atoms with van der Waals surface area (Å²) in [5.74, 6) is -2.18. The Kier molecular flexibility index (Phi) is 5.79. The number of halogens is 3. The lowest BCUT2D eigenvalue weighted by Gasteiger charge is -2.15. The Morgan fingerprint density at radius 1 is 1.36 bits per heavy atom. The van der Waals surface area contributed by atoms with E-state index in [0.717, 1.165) is 35.9 Å². The first kappa shape index (κ1) is 19.3. The molecule has 0 spiro atoms. The number of nitrogens with zero attached hydrogens (tertiary/aromatic N) is 3. The van der Waals surface area contributed by atoms with Crippen LogP contribution in [-0.2, 0) is 9.84 Å². The van der Waals surface area contributed by atoms with Gasteiger partial charge in [-0.2, -0.15) is 9.78 Å². The number of benzene rings is 1. The predicted octanol–water partition coefficient (Wildman–Crippen LogP) is 3.35. The van der Waals surface area contributed by atoms with E-state index >= 15 is 0 Å². The highest BCUT2D eigenvalue weighted by molar-refractivity contribution is 7.91. The Morgan fingerprint density at radius 3 is 2.64 bits per heavy atom. The summed E-state index contributed by atoms with van der Waals surface area (Å²) in [5.41, 5.74) is 0. The van der Waals surface area contributed by atoms with Crippen molar-refractivity contribution in [3.05, 3.63) is 41.1 Å². The summed E-state index contributed by atoms with van der Waals surface area (Å²) in [6.45, 7) is 2.42. The third-order valence-corrected chi connectivity index (χ3v) is 5.56. The van der Waals surface area contributed by atoms with Gasteiger partial charge in [0.2, 0.25) is 14.9 Å². The van der Waals surface area contributed by atoms with Crippen LogP contribution in [0.2, 0.25) is 5.02 Å². The molecule has 1 aromatic carbocycles. The summed E-state index contributed by atoms with van der Waals surface area (Å²) in [4.78, 5) is 12.8. The first-order valence-electron chi connectivity index (χ1n) is 7.39. The molecule has 0 aliphatic heterocycles. The van der Waals surface area contributed by atoms with E-state index in [9.17, 15) is 22.0 Å². The molecule has 6 nitrogen and oxygen atoms in total. The minimum Gasteiger partial charge on any atom is -0.326 e. The largest absolute Gasteiger partial charge is 0.344 e. The first-order chi connectivity index (χ1) is 11.7. The molecule has 0 atom stereocenters. The van der Waals surface area contributed by atoms with Crippen molar-refractivity contribution in [2.24, 2.45) is 0 Å². The zero-order chi connectivity index (χ0) is 18.8. The molecule has 1 aromatic heterocycles. The van der Waals surface area contributed by atoms with Crippen LogP contribution in [0, 0.1) is 11.6 Å². The van der Waals surface area contributed by atoms with Gasteiger partial charge >= 0.3 is 6.03 Å². The summed E-state index contributed by atoms with van der Waals surface area (Å²) in [5, 5.41) is 2.69. The monoisotopic (exact) mass is 391 g/mol. The Hall–Kier alpha value is -2.00. The molecule has 0 N–H and O–H groups in total. The van der Waals surface area contributed by atoms with E-state index < -0.39 is 37.4 Å². The number of hydrogen-bond donors (Lipinski definition) is 0.